The van der Waals surface area contributed by atoms with Gasteiger partial charge in [-0.1, -0.05) is 17.7 Å². The number of likely N-dealkylation sites (tertiary alicyclic amines) is 1. The molecule has 2 N–H and O–H groups in total. The minimum Gasteiger partial charge on any atom is -0.359 e. The van der Waals surface area contributed by atoms with Crippen molar-refractivity contribution in [1.29, 1.82) is 0 Å². The third-order valence-electron chi connectivity index (χ3n) is 2.98. The molecule has 5 nitrogen and oxygen atoms in total. The number of nitrogens with zero attached hydrogens (tertiary/aromatic N) is 1. The molecule has 0 unspecified atom stereocenters. The molecule has 19 heavy (non-hydrogen) atoms. The van der Waals surface area contributed by atoms with Crippen molar-refractivity contribution in [2.24, 2.45) is 5.92 Å². The fraction of sp³-hybridized carbons (Fsp3) is 0.333. The molecule has 0 saturated carbocycles. The van der Waals surface area contributed by atoms with Crippen LogP contribution < -0.4 is 10.6 Å². The summed E-state index contributed by atoms with van der Waals surface area (Å²) in [7, 11) is 1.59. The number of halogens is 2. The quantitative estimate of drug-likeness (QED) is 0.863. The van der Waals surface area contributed by atoms with Gasteiger partial charge in [-0.2, -0.15) is 0 Å². The van der Waals surface area contributed by atoms with Gasteiger partial charge in [0, 0.05) is 20.1 Å². The number of amides is 3. The Bertz CT molecular complexity index is 518. The lowest BCUT2D eigenvalue weighted by Crippen LogP contribution is -2.56. The molecule has 102 valence electrons. The number of rotatable bonds is 2. The first-order chi connectivity index (χ1) is 9.02. The van der Waals surface area contributed by atoms with Crippen molar-refractivity contribution in [2.75, 3.05) is 25.5 Å². The second-order valence-corrected chi connectivity index (χ2v) is 5.45. The van der Waals surface area contributed by atoms with Gasteiger partial charge < -0.3 is 15.5 Å². The molecule has 0 spiro atoms. The first-order valence-electron chi connectivity index (χ1n) is 5.74. The van der Waals surface area contributed by atoms with Gasteiger partial charge in [-0.3, -0.25) is 4.79 Å². The van der Waals surface area contributed by atoms with Crippen LogP contribution in [0.5, 0.6) is 0 Å². The van der Waals surface area contributed by atoms with E-state index in [1.54, 1.807) is 30.1 Å². The predicted octanol–water partition coefficient (Wildman–Crippen LogP) is 2.31. The lowest BCUT2D eigenvalue weighted by atomic mass is 10.00. The first-order valence-corrected chi connectivity index (χ1v) is 6.91. The Kier molecular flexibility index (Phi) is 4.31. The van der Waals surface area contributed by atoms with Crippen LogP contribution in [0, 0.1) is 5.92 Å². The van der Waals surface area contributed by atoms with Crippen molar-refractivity contribution in [1.82, 2.24) is 10.2 Å². The van der Waals surface area contributed by atoms with Gasteiger partial charge >= 0.3 is 6.03 Å². The highest BCUT2D eigenvalue weighted by Gasteiger charge is 2.35. The van der Waals surface area contributed by atoms with E-state index in [9.17, 15) is 9.59 Å². The minimum atomic E-state index is -0.233. The number of anilines is 1. The van der Waals surface area contributed by atoms with Gasteiger partial charge in [-0.05, 0) is 28.1 Å². The molecule has 7 heteroatoms. The van der Waals surface area contributed by atoms with E-state index >= 15 is 0 Å². The van der Waals surface area contributed by atoms with Gasteiger partial charge in [0.1, 0.15) is 0 Å². The molecular weight excluding hydrogens is 334 g/mol. The van der Waals surface area contributed by atoms with Gasteiger partial charge in [0.05, 0.1) is 21.1 Å². The fourth-order valence-corrected chi connectivity index (χ4v) is 2.35. The number of hydrogen-bond acceptors (Lipinski definition) is 2. The molecule has 3 amide bonds. The van der Waals surface area contributed by atoms with Gasteiger partial charge in [0.15, 0.2) is 0 Å². The van der Waals surface area contributed by atoms with Crippen molar-refractivity contribution in [3.05, 3.63) is 27.7 Å². The third kappa shape index (κ3) is 3.01. The van der Waals surface area contributed by atoms with Gasteiger partial charge in [-0.15, -0.1) is 0 Å². The maximum atomic E-state index is 11.9. The zero-order chi connectivity index (χ0) is 14.0. The Labute approximate surface area is 124 Å². The molecule has 0 aromatic heterocycles. The molecule has 1 heterocycles. The number of benzene rings is 1. The fourth-order valence-electron chi connectivity index (χ4n) is 1.81. The summed E-state index contributed by atoms with van der Waals surface area (Å²) in [4.78, 5) is 24.8. The Morgan fingerprint density at radius 1 is 1.42 bits per heavy atom. The number of carbonyl (C=O) groups excluding carboxylic acids is 2. The van der Waals surface area contributed by atoms with Crippen LogP contribution in [0.25, 0.3) is 0 Å². The van der Waals surface area contributed by atoms with Crippen LogP contribution in [0.15, 0.2) is 22.7 Å². The Morgan fingerprint density at radius 3 is 2.74 bits per heavy atom. The van der Waals surface area contributed by atoms with Crippen molar-refractivity contribution < 1.29 is 9.59 Å². The summed E-state index contributed by atoms with van der Waals surface area (Å²) in [5.74, 6) is -0.147. The van der Waals surface area contributed by atoms with E-state index in [4.69, 9.17) is 11.6 Å². The third-order valence-corrected chi connectivity index (χ3v) is 4.38. The molecule has 0 aliphatic carbocycles. The predicted molar refractivity (Wildman–Crippen MR) is 77.3 cm³/mol. The van der Waals surface area contributed by atoms with Gasteiger partial charge in [0.25, 0.3) is 0 Å². The number of nitrogens with one attached hydrogen (secondary N) is 2. The summed E-state index contributed by atoms with van der Waals surface area (Å²) in [5.41, 5.74) is 0.612. The van der Waals surface area contributed by atoms with Crippen LogP contribution in [0.4, 0.5) is 10.5 Å². The Balaban J connectivity index is 1.93. The molecule has 2 rings (SSSR count). The van der Waals surface area contributed by atoms with E-state index < -0.39 is 0 Å². The summed E-state index contributed by atoms with van der Waals surface area (Å²) in [6.45, 7) is 0.868. The SMILES string of the molecule is CNC(=O)C1CN(C(=O)Nc2cccc(Cl)c2Br)C1. The van der Waals surface area contributed by atoms with Crippen LogP contribution in [-0.2, 0) is 4.79 Å². The van der Waals surface area contributed by atoms with Crippen LogP contribution in [0.1, 0.15) is 0 Å². The van der Waals surface area contributed by atoms with E-state index in [2.05, 4.69) is 26.6 Å². The summed E-state index contributed by atoms with van der Waals surface area (Å²) in [5, 5.41) is 5.86. The Hall–Kier alpha value is -1.27. The first kappa shape index (κ1) is 14.1. The zero-order valence-corrected chi connectivity index (χ0v) is 12.6. The van der Waals surface area contributed by atoms with Crippen LogP contribution in [-0.4, -0.2) is 37.0 Å². The van der Waals surface area contributed by atoms with Crippen molar-refractivity contribution in [2.45, 2.75) is 0 Å². The highest BCUT2D eigenvalue weighted by atomic mass is 79.9. The Morgan fingerprint density at radius 2 is 2.11 bits per heavy atom. The molecule has 1 saturated heterocycles. The topological polar surface area (TPSA) is 61.4 Å². The van der Waals surface area contributed by atoms with Gasteiger partial charge in [-0.25, -0.2) is 4.79 Å². The van der Waals surface area contributed by atoms with Crippen molar-refractivity contribution in [3.8, 4) is 0 Å². The summed E-state index contributed by atoms with van der Waals surface area (Å²) in [6, 6.07) is 5.01. The number of hydrogen-bond donors (Lipinski definition) is 2. The minimum absolute atomic E-state index is 0.0343. The van der Waals surface area contributed by atoms with Gasteiger partial charge in [0.2, 0.25) is 5.91 Å². The number of urea groups is 1. The maximum absolute atomic E-state index is 11.9. The summed E-state index contributed by atoms with van der Waals surface area (Å²) >= 11 is 9.26. The maximum Gasteiger partial charge on any atom is 0.321 e. The zero-order valence-electron chi connectivity index (χ0n) is 10.2. The number of carbonyl (C=O) groups is 2. The monoisotopic (exact) mass is 345 g/mol. The molecule has 0 atom stereocenters. The molecule has 1 aliphatic rings. The molecule has 1 aromatic carbocycles. The summed E-state index contributed by atoms with van der Waals surface area (Å²) in [6.07, 6.45) is 0. The van der Waals surface area contributed by atoms with Crippen LogP contribution >= 0.6 is 27.5 Å². The normalized spacial score (nSPS) is 14.8. The average Bonchev–Trinajstić information content (AvgIpc) is 2.33. The van der Waals surface area contributed by atoms with E-state index in [-0.39, 0.29) is 17.9 Å². The van der Waals surface area contributed by atoms with E-state index in [0.29, 0.717) is 28.3 Å². The van der Waals surface area contributed by atoms with E-state index in [0.717, 1.165) is 0 Å². The molecule has 0 radical (unpaired) electrons. The molecule has 1 aliphatic heterocycles. The van der Waals surface area contributed by atoms with Crippen LogP contribution in [0.2, 0.25) is 5.02 Å². The largest absolute Gasteiger partial charge is 0.359 e. The van der Waals surface area contributed by atoms with Crippen molar-refractivity contribution in [3.63, 3.8) is 0 Å². The summed E-state index contributed by atoms with van der Waals surface area (Å²) < 4.78 is 0.647. The average molecular weight is 347 g/mol. The van der Waals surface area contributed by atoms with E-state index in [1.165, 1.54) is 0 Å². The highest BCUT2D eigenvalue weighted by molar-refractivity contribution is 9.10. The van der Waals surface area contributed by atoms with Crippen molar-refractivity contribution >= 4 is 45.2 Å². The lowest BCUT2D eigenvalue weighted by Gasteiger charge is -2.37. The lowest BCUT2D eigenvalue weighted by molar-refractivity contribution is -0.128. The van der Waals surface area contributed by atoms with E-state index in [1.807, 2.05) is 0 Å². The smallest absolute Gasteiger partial charge is 0.321 e. The standard InChI is InChI=1S/C12H13BrClN3O2/c1-15-11(18)7-5-17(6-7)12(19)16-9-4-2-3-8(14)10(9)13/h2-4,7H,5-6H2,1H3,(H,15,18)(H,16,19). The highest BCUT2D eigenvalue weighted by Crippen LogP contribution is 2.30. The van der Waals surface area contributed by atoms with Crippen LogP contribution in [0.3, 0.4) is 0 Å². The molecule has 0 bridgehead atoms. The second kappa shape index (κ2) is 5.79. The molecule has 1 fully saturated rings. The molecule has 1 aromatic rings. The second-order valence-electron chi connectivity index (χ2n) is 4.25. The molecular formula is C12H13BrClN3O2.